The van der Waals surface area contributed by atoms with Crippen LogP contribution in [-0.2, 0) is 38.7 Å². The molecular formula is C25H24F9N7O. The highest BCUT2D eigenvalue weighted by Gasteiger charge is 2.37. The van der Waals surface area contributed by atoms with Gasteiger partial charge in [-0.25, -0.2) is 0 Å². The molecule has 8 nitrogen and oxygen atoms in total. The van der Waals surface area contributed by atoms with E-state index in [1.165, 1.54) is 7.05 Å². The molecule has 1 saturated carbocycles. The van der Waals surface area contributed by atoms with Gasteiger partial charge in [-0.05, 0) is 47.9 Å². The molecule has 2 aromatic heterocycles. The Bertz CT molecular complexity index is 1380. The molecule has 1 fully saturated rings. The number of hydrogen-bond donors (Lipinski definition) is 1. The van der Waals surface area contributed by atoms with Crippen molar-refractivity contribution >= 4 is 11.9 Å². The van der Waals surface area contributed by atoms with Crippen molar-refractivity contribution in [2.24, 2.45) is 7.05 Å². The van der Waals surface area contributed by atoms with Crippen molar-refractivity contribution in [2.45, 2.75) is 69.8 Å². The maximum atomic E-state index is 13.6. The molecule has 0 unspecified atom stereocenters. The summed E-state index contributed by atoms with van der Waals surface area (Å²) in [6.07, 6.45) is -10.6. The van der Waals surface area contributed by atoms with Gasteiger partial charge in [0.05, 0.1) is 23.7 Å². The number of nitrogens with zero attached hydrogens (tertiary/aromatic N) is 6. The van der Waals surface area contributed by atoms with Gasteiger partial charge < -0.3 is 10.2 Å². The van der Waals surface area contributed by atoms with Crippen LogP contribution in [0.1, 0.15) is 70.4 Å². The van der Waals surface area contributed by atoms with E-state index in [4.69, 9.17) is 0 Å². The van der Waals surface area contributed by atoms with Gasteiger partial charge >= 0.3 is 18.5 Å². The van der Waals surface area contributed by atoms with Crippen LogP contribution in [0.3, 0.4) is 0 Å². The van der Waals surface area contributed by atoms with Crippen molar-refractivity contribution in [2.75, 3.05) is 4.90 Å². The number of tetrazole rings is 1. The normalized spacial score (nSPS) is 15.1. The molecule has 42 heavy (non-hydrogen) atoms. The Morgan fingerprint density at radius 2 is 1.48 bits per heavy atom. The molecular weight excluding hydrogens is 585 g/mol. The number of halogens is 9. The maximum absolute atomic E-state index is 13.6. The molecule has 0 radical (unpaired) electrons. The van der Waals surface area contributed by atoms with Crippen LogP contribution < -0.4 is 10.2 Å². The minimum Gasteiger partial charge on any atom is -0.348 e. The minimum absolute atomic E-state index is 0.0428. The minimum atomic E-state index is -5.12. The average Bonchev–Trinajstić information content (AvgIpc) is 3.33. The highest BCUT2D eigenvalue weighted by Crippen LogP contribution is 2.37. The lowest BCUT2D eigenvalue weighted by Crippen LogP contribution is -2.37. The lowest BCUT2D eigenvalue weighted by atomic mass is 9.95. The van der Waals surface area contributed by atoms with E-state index in [1.807, 2.05) is 0 Å². The number of benzene rings is 1. The summed E-state index contributed by atoms with van der Waals surface area (Å²) in [5.41, 5.74) is -5.54. The Morgan fingerprint density at radius 1 is 0.881 bits per heavy atom. The summed E-state index contributed by atoms with van der Waals surface area (Å²) >= 11 is 0. The highest BCUT2D eigenvalue weighted by atomic mass is 19.4. The third-order valence-corrected chi connectivity index (χ3v) is 6.61. The molecule has 0 spiro atoms. The van der Waals surface area contributed by atoms with Crippen molar-refractivity contribution < 1.29 is 44.3 Å². The molecule has 4 rings (SSSR count). The number of carbonyl (C=O) groups excluding carboxylic acids is 1. The second-order valence-electron chi connectivity index (χ2n) is 9.89. The summed E-state index contributed by atoms with van der Waals surface area (Å²) in [6.45, 7) is -1.34. The SMILES string of the molecule is Cn1nnc(N(Cc2cc(C(F)(F)F)cc(C(F)(F)F)c2)Cc2cc(C(F)(F)F)cnc2C(=O)NC2CCCCC2)n1. The van der Waals surface area contributed by atoms with Crippen LogP contribution >= 0.6 is 0 Å². The Hall–Kier alpha value is -3.92. The largest absolute Gasteiger partial charge is 0.417 e. The molecule has 1 amide bonds. The number of rotatable bonds is 7. The van der Waals surface area contributed by atoms with E-state index < -0.39 is 59.8 Å². The van der Waals surface area contributed by atoms with Gasteiger partial charge in [-0.2, -0.15) is 44.3 Å². The number of hydrogen-bond acceptors (Lipinski definition) is 6. The quantitative estimate of drug-likeness (QED) is 0.334. The standard InChI is InChI=1S/C25H24F9N7O/c1-40-38-22(37-39-40)41(12-14-7-16(23(26,27)28)10-17(8-14)24(29,30)31)13-15-9-18(25(32,33)34)11-35-20(15)21(42)36-19-5-3-2-4-6-19/h7-11,19H,2-6,12-13H2,1H3,(H,36,42). The fourth-order valence-corrected chi connectivity index (χ4v) is 4.63. The van der Waals surface area contributed by atoms with E-state index in [0.29, 0.717) is 37.2 Å². The summed E-state index contributed by atoms with van der Waals surface area (Å²) < 4.78 is 122. The number of pyridine rings is 1. The van der Waals surface area contributed by atoms with Crippen molar-refractivity contribution in [3.05, 3.63) is 64.0 Å². The first-order valence-corrected chi connectivity index (χ1v) is 12.6. The van der Waals surface area contributed by atoms with Gasteiger partial charge in [0.15, 0.2) is 0 Å². The fraction of sp³-hybridized carbons (Fsp3) is 0.480. The molecule has 3 aromatic rings. The lowest BCUT2D eigenvalue weighted by Gasteiger charge is -2.25. The Kier molecular flexibility index (Phi) is 8.68. The topological polar surface area (TPSA) is 88.8 Å². The lowest BCUT2D eigenvalue weighted by molar-refractivity contribution is -0.143. The van der Waals surface area contributed by atoms with Gasteiger partial charge in [0, 0.05) is 30.9 Å². The summed E-state index contributed by atoms with van der Waals surface area (Å²) in [5.74, 6) is -1.09. The zero-order valence-electron chi connectivity index (χ0n) is 21.9. The van der Waals surface area contributed by atoms with Crippen LogP contribution in [0.4, 0.5) is 45.5 Å². The van der Waals surface area contributed by atoms with Gasteiger partial charge in [0.2, 0.25) is 0 Å². The van der Waals surface area contributed by atoms with Crippen molar-refractivity contribution in [3.8, 4) is 0 Å². The predicted octanol–water partition coefficient (Wildman–Crippen LogP) is 5.93. The van der Waals surface area contributed by atoms with Gasteiger partial charge in [0.25, 0.3) is 11.9 Å². The first-order valence-electron chi connectivity index (χ1n) is 12.6. The van der Waals surface area contributed by atoms with E-state index >= 15 is 0 Å². The number of amides is 1. The summed E-state index contributed by atoms with van der Waals surface area (Å²) in [7, 11) is 1.33. The van der Waals surface area contributed by atoms with Gasteiger partial charge in [-0.15, -0.1) is 5.10 Å². The molecule has 1 aliphatic carbocycles. The third kappa shape index (κ3) is 7.67. The molecule has 1 N–H and O–H groups in total. The van der Waals surface area contributed by atoms with Crippen LogP contribution in [0.15, 0.2) is 30.5 Å². The second-order valence-corrected chi connectivity index (χ2v) is 9.89. The van der Waals surface area contributed by atoms with Crippen LogP contribution in [0, 0.1) is 0 Å². The maximum Gasteiger partial charge on any atom is 0.417 e. The first kappa shape index (κ1) is 31.0. The number of alkyl halides is 9. The van der Waals surface area contributed by atoms with E-state index in [9.17, 15) is 44.3 Å². The molecule has 2 heterocycles. The second kappa shape index (κ2) is 11.8. The van der Waals surface area contributed by atoms with Crippen molar-refractivity contribution in [1.29, 1.82) is 0 Å². The van der Waals surface area contributed by atoms with E-state index in [1.54, 1.807) is 0 Å². The van der Waals surface area contributed by atoms with Crippen molar-refractivity contribution in [3.63, 3.8) is 0 Å². The zero-order valence-corrected chi connectivity index (χ0v) is 21.9. The highest BCUT2D eigenvalue weighted by molar-refractivity contribution is 5.94. The van der Waals surface area contributed by atoms with E-state index in [2.05, 4.69) is 25.7 Å². The van der Waals surface area contributed by atoms with Crippen LogP contribution in [0.5, 0.6) is 0 Å². The monoisotopic (exact) mass is 609 g/mol. The van der Waals surface area contributed by atoms with E-state index in [0.717, 1.165) is 29.0 Å². The van der Waals surface area contributed by atoms with Crippen LogP contribution in [0.25, 0.3) is 0 Å². The fourth-order valence-electron chi connectivity index (χ4n) is 4.63. The molecule has 0 bridgehead atoms. The molecule has 228 valence electrons. The van der Waals surface area contributed by atoms with Crippen LogP contribution in [0.2, 0.25) is 0 Å². The Labute approximate surface area is 232 Å². The van der Waals surface area contributed by atoms with Gasteiger partial charge in [-0.1, -0.05) is 24.4 Å². The first-order chi connectivity index (χ1) is 19.5. The molecule has 0 atom stereocenters. The average molecular weight is 609 g/mol. The molecule has 17 heteroatoms. The smallest absolute Gasteiger partial charge is 0.348 e. The van der Waals surface area contributed by atoms with Gasteiger partial charge in [0.1, 0.15) is 5.69 Å². The number of carbonyl (C=O) groups is 1. The summed E-state index contributed by atoms with van der Waals surface area (Å²) in [4.78, 5) is 18.8. The zero-order chi connectivity index (χ0) is 30.9. The number of nitrogens with one attached hydrogen (secondary N) is 1. The van der Waals surface area contributed by atoms with E-state index in [-0.39, 0.29) is 29.3 Å². The summed E-state index contributed by atoms with van der Waals surface area (Å²) in [5, 5.41) is 14.0. The molecule has 0 saturated heterocycles. The predicted molar refractivity (Wildman–Crippen MR) is 129 cm³/mol. The molecule has 1 aliphatic rings. The third-order valence-electron chi connectivity index (χ3n) is 6.61. The van der Waals surface area contributed by atoms with Crippen molar-refractivity contribution in [1.82, 2.24) is 30.5 Å². The van der Waals surface area contributed by atoms with Crippen LogP contribution in [-0.4, -0.2) is 37.1 Å². The molecule has 1 aromatic carbocycles. The number of anilines is 1. The molecule has 0 aliphatic heterocycles. The number of aryl methyl sites for hydroxylation is 1. The summed E-state index contributed by atoms with van der Waals surface area (Å²) in [6, 6.07) is 1.35. The van der Waals surface area contributed by atoms with Gasteiger partial charge in [-0.3, -0.25) is 9.78 Å². The number of aromatic nitrogens is 5. The Morgan fingerprint density at radius 3 is 2.00 bits per heavy atom. The Balaban J connectivity index is 1.76.